The van der Waals surface area contributed by atoms with E-state index in [1.807, 2.05) is 6.07 Å². The molecule has 1 N–H and O–H groups in total. The zero-order valence-electron chi connectivity index (χ0n) is 15.5. The summed E-state index contributed by atoms with van der Waals surface area (Å²) in [7, 11) is -3.85. The predicted molar refractivity (Wildman–Crippen MR) is 109 cm³/mol. The number of carbonyl (C=O) groups excluding carboxylic acids is 1. The van der Waals surface area contributed by atoms with Crippen molar-refractivity contribution >= 4 is 44.0 Å². The van der Waals surface area contributed by atoms with Gasteiger partial charge in [0.05, 0.1) is 33.1 Å². The molecule has 1 aromatic heterocycles. The number of sulfonamides is 1. The Balaban J connectivity index is 2.12. The average Bonchev–Trinajstić information content (AvgIpc) is 2.70. The molecule has 0 spiro atoms. The Morgan fingerprint density at radius 2 is 2.00 bits per heavy atom. The fourth-order valence-corrected chi connectivity index (χ4v) is 4.31. The summed E-state index contributed by atoms with van der Waals surface area (Å²) in [6.07, 6.45) is 1.65. The molecule has 3 aromatic rings. The summed E-state index contributed by atoms with van der Waals surface area (Å²) >= 11 is 6.09. The van der Waals surface area contributed by atoms with Crippen molar-refractivity contribution in [2.75, 3.05) is 10.5 Å². The minimum atomic E-state index is -3.85. The van der Waals surface area contributed by atoms with Gasteiger partial charge in [-0.15, -0.1) is 0 Å². The highest BCUT2D eigenvalue weighted by molar-refractivity contribution is 7.92. The van der Waals surface area contributed by atoms with Crippen molar-refractivity contribution in [3.8, 4) is 6.07 Å². The second-order valence-electron chi connectivity index (χ2n) is 6.40. The van der Waals surface area contributed by atoms with Gasteiger partial charge >= 0.3 is 0 Å². The quantitative estimate of drug-likeness (QED) is 0.443. The number of nitriles is 1. The number of anilines is 1. The van der Waals surface area contributed by atoms with Gasteiger partial charge in [-0.25, -0.2) is 17.2 Å². The first-order chi connectivity index (χ1) is 14.2. The molecule has 0 aliphatic carbocycles. The van der Waals surface area contributed by atoms with Crippen LogP contribution in [-0.2, 0) is 10.0 Å². The first kappa shape index (κ1) is 21.6. The molecule has 0 fully saturated rings. The largest absolute Gasteiger partial charge is 0.288 e. The number of halogens is 3. The van der Waals surface area contributed by atoms with Crippen molar-refractivity contribution in [1.29, 1.82) is 5.26 Å². The molecule has 0 radical (unpaired) electrons. The summed E-state index contributed by atoms with van der Waals surface area (Å²) in [5.74, 6) is -4.12. The SMILES string of the molecule is CCCS(=O)(=O)Nc1cc(F)c(F)c(C(=O)c2ccc3ncc(C#N)cc3c2)c1Cl. The number of benzene rings is 2. The summed E-state index contributed by atoms with van der Waals surface area (Å²) in [5, 5.41) is 8.88. The number of hydrogen-bond acceptors (Lipinski definition) is 5. The molecule has 30 heavy (non-hydrogen) atoms. The number of pyridine rings is 1. The Morgan fingerprint density at radius 1 is 1.27 bits per heavy atom. The standard InChI is InChI=1S/C20H14ClF2N3O3S/c1-2-5-30(28,29)26-16-8-14(22)19(23)17(18(16)21)20(27)12-3-4-15-13(7-12)6-11(9-24)10-25-15/h3-4,6-8,10,26H,2,5H2,1H3. The van der Waals surface area contributed by atoms with Crippen LogP contribution < -0.4 is 4.72 Å². The number of nitrogens with one attached hydrogen (secondary N) is 1. The highest BCUT2D eigenvalue weighted by Gasteiger charge is 2.26. The monoisotopic (exact) mass is 449 g/mol. The number of ketones is 1. The van der Waals surface area contributed by atoms with Gasteiger partial charge in [0, 0.05) is 23.2 Å². The molecule has 0 atom stereocenters. The summed E-state index contributed by atoms with van der Waals surface area (Å²) < 4.78 is 54.7. The molecule has 0 unspecified atom stereocenters. The summed E-state index contributed by atoms with van der Waals surface area (Å²) in [5.41, 5.74) is -0.511. The van der Waals surface area contributed by atoms with Crippen molar-refractivity contribution in [3.63, 3.8) is 0 Å². The van der Waals surface area contributed by atoms with E-state index in [1.165, 1.54) is 30.5 Å². The molecule has 6 nitrogen and oxygen atoms in total. The third kappa shape index (κ3) is 4.25. The van der Waals surface area contributed by atoms with E-state index in [0.29, 0.717) is 17.0 Å². The van der Waals surface area contributed by atoms with Crippen LogP contribution >= 0.6 is 11.6 Å². The highest BCUT2D eigenvalue weighted by atomic mass is 35.5. The lowest BCUT2D eigenvalue weighted by Gasteiger charge is -2.13. The number of fused-ring (bicyclic) bond motifs is 1. The van der Waals surface area contributed by atoms with Gasteiger partial charge < -0.3 is 0 Å². The van der Waals surface area contributed by atoms with Crippen molar-refractivity contribution in [3.05, 3.63) is 69.9 Å². The van der Waals surface area contributed by atoms with Gasteiger partial charge in [-0.3, -0.25) is 14.5 Å². The molecule has 2 aromatic carbocycles. The fourth-order valence-electron chi connectivity index (χ4n) is 2.84. The lowest BCUT2D eigenvalue weighted by Crippen LogP contribution is -2.18. The van der Waals surface area contributed by atoms with E-state index in [-0.39, 0.29) is 23.3 Å². The molecule has 154 valence electrons. The first-order valence-corrected chi connectivity index (χ1v) is 10.7. The Kier molecular flexibility index (Phi) is 6.01. The van der Waals surface area contributed by atoms with Crippen LogP contribution in [0.25, 0.3) is 10.9 Å². The van der Waals surface area contributed by atoms with E-state index in [4.69, 9.17) is 16.9 Å². The third-order valence-electron chi connectivity index (χ3n) is 4.19. The van der Waals surface area contributed by atoms with E-state index < -0.39 is 43.7 Å². The van der Waals surface area contributed by atoms with E-state index in [9.17, 15) is 22.0 Å². The van der Waals surface area contributed by atoms with Gasteiger partial charge in [0.2, 0.25) is 10.0 Å². The maximum atomic E-state index is 14.5. The lowest BCUT2D eigenvalue weighted by atomic mass is 10.00. The zero-order valence-corrected chi connectivity index (χ0v) is 17.1. The second-order valence-corrected chi connectivity index (χ2v) is 8.62. The molecule has 0 saturated heterocycles. The van der Waals surface area contributed by atoms with Gasteiger partial charge in [-0.2, -0.15) is 5.26 Å². The molecule has 0 saturated carbocycles. The van der Waals surface area contributed by atoms with Gasteiger partial charge in [0.15, 0.2) is 17.4 Å². The molecule has 0 amide bonds. The Labute approximate surface area is 176 Å². The number of aromatic nitrogens is 1. The topological polar surface area (TPSA) is 99.9 Å². The van der Waals surface area contributed by atoms with Crippen LogP contribution in [0.1, 0.15) is 34.8 Å². The number of hydrogen-bond donors (Lipinski definition) is 1. The van der Waals surface area contributed by atoms with Crippen LogP contribution in [0, 0.1) is 23.0 Å². The van der Waals surface area contributed by atoms with Crippen molar-refractivity contribution in [1.82, 2.24) is 4.98 Å². The minimum Gasteiger partial charge on any atom is -0.288 e. The third-order valence-corrected chi connectivity index (χ3v) is 6.06. The summed E-state index contributed by atoms with van der Waals surface area (Å²) in [4.78, 5) is 17.0. The van der Waals surface area contributed by atoms with Crippen LogP contribution in [0.4, 0.5) is 14.5 Å². The van der Waals surface area contributed by atoms with Gasteiger partial charge in [-0.05, 0) is 30.7 Å². The van der Waals surface area contributed by atoms with Crippen molar-refractivity contribution in [2.24, 2.45) is 0 Å². The maximum Gasteiger partial charge on any atom is 0.232 e. The van der Waals surface area contributed by atoms with E-state index >= 15 is 0 Å². The molecular weight excluding hydrogens is 436 g/mol. The number of nitrogens with zero attached hydrogens (tertiary/aromatic N) is 2. The molecule has 3 rings (SSSR count). The van der Waals surface area contributed by atoms with Gasteiger partial charge in [0.25, 0.3) is 0 Å². The average molecular weight is 450 g/mol. The second kappa shape index (κ2) is 8.34. The van der Waals surface area contributed by atoms with E-state index in [0.717, 1.165) is 0 Å². The van der Waals surface area contributed by atoms with Crippen LogP contribution in [0.5, 0.6) is 0 Å². The summed E-state index contributed by atoms with van der Waals surface area (Å²) in [6.45, 7) is 1.63. The minimum absolute atomic E-state index is 0.0341. The van der Waals surface area contributed by atoms with Gasteiger partial charge in [0.1, 0.15) is 6.07 Å². The Morgan fingerprint density at radius 3 is 2.67 bits per heavy atom. The lowest BCUT2D eigenvalue weighted by molar-refractivity contribution is 0.103. The fraction of sp³-hybridized carbons (Fsp3) is 0.150. The first-order valence-electron chi connectivity index (χ1n) is 8.69. The van der Waals surface area contributed by atoms with Crippen molar-refractivity contribution in [2.45, 2.75) is 13.3 Å². The van der Waals surface area contributed by atoms with E-state index in [2.05, 4.69) is 9.71 Å². The predicted octanol–water partition coefficient (Wildman–Crippen LogP) is 4.42. The van der Waals surface area contributed by atoms with Crippen LogP contribution in [0.15, 0.2) is 36.5 Å². The Hall–Kier alpha value is -3.09. The smallest absolute Gasteiger partial charge is 0.232 e. The van der Waals surface area contributed by atoms with Crippen LogP contribution in [0.2, 0.25) is 5.02 Å². The highest BCUT2D eigenvalue weighted by Crippen LogP contribution is 2.33. The molecule has 0 aliphatic rings. The van der Waals surface area contributed by atoms with Crippen LogP contribution in [-0.4, -0.2) is 24.9 Å². The summed E-state index contributed by atoms with van der Waals surface area (Å²) in [6, 6.07) is 8.21. The normalized spacial score (nSPS) is 11.3. The molecule has 0 aliphatic heterocycles. The molecule has 1 heterocycles. The molecule has 0 bridgehead atoms. The maximum absolute atomic E-state index is 14.5. The number of rotatable bonds is 6. The zero-order chi connectivity index (χ0) is 22.1. The van der Waals surface area contributed by atoms with E-state index in [1.54, 1.807) is 6.92 Å². The van der Waals surface area contributed by atoms with Crippen LogP contribution in [0.3, 0.4) is 0 Å². The number of carbonyl (C=O) groups is 1. The Bertz CT molecular complexity index is 1320. The molecular formula is C20H14ClF2N3O3S. The van der Waals surface area contributed by atoms with Gasteiger partial charge in [-0.1, -0.05) is 18.5 Å². The molecule has 10 heteroatoms. The van der Waals surface area contributed by atoms with Crippen molar-refractivity contribution < 1.29 is 22.0 Å².